The van der Waals surface area contributed by atoms with Gasteiger partial charge in [0.05, 0.1) is 0 Å². The molecule has 0 radical (unpaired) electrons. The average molecular weight is 355 g/mol. The van der Waals surface area contributed by atoms with Gasteiger partial charge < -0.3 is 9.80 Å². The Morgan fingerprint density at radius 1 is 1.26 bits per heavy atom. The summed E-state index contributed by atoms with van der Waals surface area (Å²) in [6.07, 6.45) is 4.07. The minimum absolute atomic E-state index is 0.128. The van der Waals surface area contributed by atoms with Gasteiger partial charge in [0.1, 0.15) is 0 Å². The third kappa shape index (κ3) is 3.84. The Kier molecular flexibility index (Phi) is 5.19. The molecule has 2 fully saturated rings. The summed E-state index contributed by atoms with van der Waals surface area (Å²) in [5.41, 5.74) is 0.872. The fraction of sp³-hybridized carbons (Fsp3) is 0.611. The van der Waals surface area contributed by atoms with Crippen LogP contribution in [0.25, 0.3) is 0 Å². The van der Waals surface area contributed by atoms with Gasteiger partial charge in [0.25, 0.3) is 0 Å². The molecule has 1 aromatic carbocycles. The number of hydrogen-bond acceptors (Lipinski definition) is 2. The van der Waals surface area contributed by atoms with E-state index in [0.717, 1.165) is 37.8 Å². The van der Waals surface area contributed by atoms with Crippen LogP contribution in [0.1, 0.15) is 38.2 Å². The lowest BCUT2D eigenvalue weighted by Gasteiger charge is -2.37. The zero-order chi connectivity index (χ0) is 16.6. The predicted octanol–water partition coefficient (Wildman–Crippen LogP) is 4.21. The van der Waals surface area contributed by atoms with Gasteiger partial charge in [0.15, 0.2) is 0 Å². The Balaban J connectivity index is 1.75. The van der Waals surface area contributed by atoms with Gasteiger partial charge in [-0.2, -0.15) is 0 Å². The van der Waals surface area contributed by atoms with Crippen LogP contribution in [0.3, 0.4) is 0 Å². The van der Waals surface area contributed by atoms with Crippen molar-refractivity contribution >= 4 is 29.1 Å². The molecule has 0 unspecified atom stereocenters. The SMILES string of the molecule is C[C@H]1C[C@@H](C(=O)N(Cc2c(Cl)cccc2Cl)C2CC2)CCN1C. The first-order chi connectivity index (χ1) is 11.0. The molecule has 0 spiro atoms. The molecule has 0 bridgehead atoms. The summed E-state index contributed by atoms with van der Waals surface area (Å²) in [7, 11) is 2.13. The topological polar surface area (TPSA) is 23.6 Å². The first-order valence-corrected chi connectivity index (χ1v) is 9.16. The number of amides is 1. The molecule has 1 saturated carbocycles. The second-order valence-electron chi connectivity index (χ2n) is 6.95. The van der Waals surface area contributed by atoms with Gasteiger partial charge in [0, 0.05) is 40.2 Å². The number of benzene rings is 1. The Labute approximate surface area is 148 Å². The van der Waals surface area contributed by atoms with E-state index in [0.29, 0.717) is 28.7 Å². The standard InChI is InChI=1S/C18H24Cl2N2O/c1-12-10-13(8-9-21(12)2)18(23)22(14-6-7-14)11-15-16(19)4-3-5-17(15)20/h3-5,12-14H,6-11H2,1-2H3/t12-,13-/m0/s1. The van der Waals surface area contributed by atoms with E-state index >= 15 is 0 Å². The molecule has 5 heteroatoms. The van der Waals surface area contributed by atoms with E-state index in [1.807, 2.05) is 23.1 Å². The maximum absolute atomic E-state index is 13.1. The van der Waals surface area contributed by atoms with Gasteiger partial charge in [-0.1, -0.05) is 29.3 Å². The minimum Gasteiger partial charge on any atom is -0.335 e. The van der Waals surface area contributed by atoms with E-state index in [1.54, 1.807) is 0 Å². The molecular formula is C18H24Cl2N2O. The van der Waals surface area contributed by atoms with Gasteiger partial charge >= 0.3 is 0 Å². The van der Waals surface area contributed by atoms with Crippen molar-refractivity contribution in [1.82, 2.24) is 9.80 Å². The van der Waals surface area contributed by atoms with Crippen molar-refractivity contribution in [2.45, 2.75) is 51.2 Å². The molecule has 3 rings (SSSR count). The van der Waals surface area contributed by atoms with Crippen LogP contribution in [0.2, 0.25) is 10.0 Å². The van der Waals surface area contributed by atoms with Crippen LogP contribution in [0.5, 0.6) is 0 Å². The van der Waals surface area contributed by atoms with Gasteiger partial charge in [-0.15, -0.1) is 0 Å². The number of halogens is 2. The van der Waals surface area contributed by atoms with Gasteiger partial charge in [0.2, 0.25) is 5.91 Å². The molecule has 1 amide bonds. The Bertz CT molecular complexity index is 568. The second-order valence-corrected chi connectivity index (χ2v) is 7.76. The molecule has 2 atom stereocenters. The fourth-order valence-electron chi connectivity index (χ4n) is 3.38. The molecular weight excluding hydrogens is 331 g/mol. The number of hydrogen-bond donors (Lipinski definition) is 0. The molecule has 0 N–H and O–H groups in total. The molecule has 0 aromatic heterocycles. The van der Waals surface area contributed by atoms with Gasteiger partial charge in [-0.05, 0) is 58.3 Å². The van der Waals surface area contributed by atoms with Crippen molar-refractivity contribution in [3.8, 4) is 0 Å². The number of carbonyl (C=O) groups excluding carboxylic acids is 1. The number of carbonyl (C=O) groups is 1. The highest BCUT2D eigenvalue weighted by Crippen LogP contribution is 2.35. The summed E-state index contributed by atoms with van der Waals surface area (Å²) >= 11 is 12.6. The first-order valence-electron chi connectivity index (χ1n) is 8.41. The molecule has 1 heterocycles. The summed E-state index contributed by atoms with van der Waals surface area (Å²) in [4.78, 5) is 17.4. The maximum Gasteiger partial charge on any atom is 0.226 e. The Morgan fingerprint density at radius 2 is 1.91 bits per heavy atom. The quantitative estimate of drug-likeness (QED) is 0.808. The number of likely N-dealkylation sites (tertiary alicyclic amines) is 1. The highest BCUT2D eigenvalue weighted by molar-refractivity contribution is 6.36. The molecule has 2 aliphatic rings. The van der Waals surface area contributed by atoms with E-state index in [4.69, 9.17) is 23.2 Å². The van der Waals surface area contributed by atoms with E-state index in [-0.39, 0.29) is 11.8 Å². The van der Waals surface area contributed by atoms with Crippen molar-refractivity contribution in [2.75, 3.05) is 13.6 Å². The largest absolute Gasteiger partial charge is 0.335 e. The van der Waals surface area contributed by atoms with E-state index < -0.39 is 0 Å². The first kappa shape index (κ1) is 17.1. The highest BCUT2D eigenvalue weighted by Gasteiger charge is 2.38. The zero-order valence-corrected chi connectivity index (χ0v) is 15.3. The van der Waals surface area contributed by atoms with Crippen molar-refractivity contribution in [1.29, 1.82) is 0 Å². The molecule has 1 aliphatic heterocycles. The summed E-state index contributed by atoms with van der Waals surface area (Å²) in [5.74, 6) is 0.409. The van der Waals surface area contributed by atoms with E-state index in [2.05, 4.69) is 18.9 Å². The van der Waals surface area contributed by atoms with Crippen molar-refractivity contribution in [2.24, 2.45) is 5.92 Å². The molecule has 23 heavy (non-hydrogen) atoms. The smallest absolute Gasteiger partial charge is 0.226 e. The lowest BCUT2D eigenvalue weighted by atomic mass is 9.90. The Morgan fingerprint density at radius 3 is 2.48 bits per heavy atom. The summed E-state index contributed by atoms with van der Waals surface area (Å²) in [6, 6.07) is 6.36. The molecule has 126 valence electrons. The van der Waals surface area contributed by atoms with Crippen LogP contribution in [0.4, 0.5) is 0 Å². The monoisotopic (exact) mass is 354 g/mol. The molecule has 1 saturated heterocycles. The van der Waals surface area contributed by atoms with Crippen LogP contribution in [0.15, 0.2) is 18.2 Å². The van der Waals surface area contributed by atoms with Crippen molar-refractivity contribution in [3.05, 3.63) is 33.8 Å². The number of nitrogens with zero attached hydrogens (tertiary/aromatic N) is 2. The van der Waals surface area contributed by atoms with E-state index in [1.165, 1.54) is 0 Å². The number of rotatable bonds is 4. The zero-order valence-electron chi connectivity index (χ0n) is 13.8. The summed E-state index contributed by atoms with van der Waals surface area (Å²) in [6.45, 7) is 3.72. The molecule has 3 nitrogen and oxygen atoms in total. The van der Waals surface area contributed by atoms with Gasteiger partial charge in [-0.25, -0.2) is 0 Å². The van der Waals surface area contributed by atoms with Crippen LogP contribution in [-0.2, 0) is 11.3 Å². The summed E-state index contributed by atoms with van der Waals surface area (Å²) in [5, 5.41) is 1.29. The van der Waals surface area contributed by atoms with Crippen LogP contribution in [-0.4, -0.2) is 41.4 Å². The fourth-order valence-corrected chi connectivity index (χ4v) is 3.89. The maximum atomic E-state index is 13.1. The Hall–Kier alpha value is -0.770. The van der Waals surface area contributed by atoms with E-state index in [9.17, 15) is 4.79 Å². The minimum atomic E-state index is 0.128. The van der Waals surface area contributed by atoms with Crippen molar-refractivity contribution < 1.29 is 4.79 Å². The normalized spacial score (nSPS) is 25.4. The van der Waals surface area contributed by atoms with Crippen molar-refractivity contribution in [3.63, 3.8) is 0 Å². The van der Waals surface area contributed by atoms with Crippen LogP contribution >= 0.6 is 23.2 Å². The third-order valence-electron chi connectivity index (χ3n) is 5.22. The highest BCUT2D eigenvalue weighted by atomic mass is 35.5. The predicted molar refractivity (Wildman–Crippen MR) is 94.9 cm³/mol. The lowest BCUT2D eigenvalue weighted by molar-refractivity contribution is -0.138. The lowest BCUT2D eigenvalue weighted by Crippen LogP contribution is -2.45. The van der Waals surface area contributed by atoms with Crippen LogP contribution < -0.4 is 0 Å². The van der Waals surface area contributed by atoms with Gasteiger partial charge in [-0.3, -0.25) is 4.79 Å². The molecule has 1 aliphatic carbocycles. The average Bonchev–Trinajstić information content (AvgIpc) is 3.34. The summed E-state index contributed by atoms with van der Waals surface area (Å²) < 4.78 is 0. The second kappa shape index (κ2) is 7.00. The molecule has 1 aromatic rings. The number of piperidine rings is 1. The van der Waals surface area contributed by atoms with Crippen LogP contribution in [0, 0.1) is 5.92 Å². The third-order valence-corrected chi connectivity index (χ3v) is 5.93.